The van der Waals surface area contributed by atoms with E-state index in [4.69, 9.17) is 17.4 Å². The van der Waals surface area contributed by atoms with Crippen LogP contribution in [0.3, 0.4) is 0 Å². The minimum absolute atomic E-state index is 0.0210. The Labute approximate surface area is 193 Å². The molecule has 2 aliphatic heterocycles. The van der Waals surface area contributed by atoms with Gasteiger partial charge in [0.15, 0.2) is 5.78 Å². The maximum atomic E-state index is 14.7. The average molecular weight is 463 g/mol. The molecule has 2 heterocycles. The van der Waals surface area contributed by atoms with Crippen molar-refractivity contribution in [3.05, 3.63) is 47.3 Å². The number of thiol groups is 1. The lowest BCUT2D eigenvalue weighted by molar-refractivity contribution is -0.145. The van der Waals surface area contributed by atoms with Crippen LogP contribution in [0.5, 0.6) is 0 Å². The molecule has 174 valence electrons. The number of hydrogen-bond acceptors (Lipinski definition) is 7. The lowest BCUT2D eigenvalue weighted by Gasteiger charge is -2.38. The fourth-order valence-corrected chi connectivity index (χ4v) is 5.13. The van der Waals surface area contributed by atoms with E-state index in [1.807, 2.05) is 11.0 Å². The zero-order valence-corrected chi connectivity index (χ0v) is 19.2. The molecule has 32 heavy (non-hydrogen) atoms. The number of halogens is 1. The lowest BCUT2D eigenvalue weighted by atomic mass is 9.93. The topological polar surface area (TPSA) is 70.1 Å². The Morgan fingerprint density at radius 1 is 1.31 bits per heavy atom. The highest BCUT2D eigenvalue weighted by Crippen LogP contribution is 2.39. The first-order chi connectivity index (χ1) is 15.4. The number of aliphatic hydroxyl groups excluding tert-OH is 1. The first kappa shape index (κ1) is 23.4. The number of methoxy groups -OCH3 is 1. The van der Waals surface area contributed by atoms with E-state index in [-0.39, 0.29) is 28.7 Å². The predicted molar refractivity (Wildman–Crippen MR) is 122 cm³/mol. The standard InChI is InChI=1S/C24H31FN2O4S/c1-31-24(30)20-12-17(28)14-26(20)10-8-16-13-27(11-9-21(16)32)22(23(29)15-6-7-15)18-4-2-3-5-19(18)25/h2-5,8,15,17,20-22,28,32H,6-7,9-14H2,1H3/b16-8+/t17-,20+,21?,22?/m1/s1. The van der Waals surface area contributed by atoms with E-state index in [2.05, 4.69) is 4.90 Å². The molecule has 4 rings (SSSR count). The number of nitrogens with zero attached hydrogens (tertiary/aromatic N) is 2. The third-order valence-electron chi connectivity index (χ3n) is 6.76. The first-order valence-electron chi connectivity index (χ1n) is 11.3. The Bertz CT molecular complexity index is 891. The zero-order chi connectivity index (χ0) is 22.8. The Morgan fingerprint density at radius 2 is 2.06 bits per heavy atom. The van der Waals surface area contributed by atoms with Gasteiger partial charge in [0.05, 0.1) is 19.3 Å². The fraction of sp³-hybridized carbons (Fsp3) is 0.583. The molecule has 0 amide bonds. The van der Waals surface area contributed by atoms with Crippen LogP contribution in [0.1, 0.15) is 37.3 Å². The van der Waals surface area contributed by atoms with Crippen LogP contribution in [-0.4, -0.2) is 77.3 Å². The third kappa shape index (κ3) is 5.09. The van der Waals surface area contributed by atoms with Crippen molar-refractivity contribution in [1.82, 2.24) is 9.80 Å². The van der Waals surface area contributed by atoms with Crippen molar-refractivity contribution in [2.45, 2.75) is 49.1 Å². The highest BCUT2D eigenvalue weighted by Gasteiger charge is 2.41. The van der Waals surface area contributed by atoms with Gasteiger partial charge in [-0.25, -0.2) is 4.39 Å². The second kappa shape index (κ2) is 10.0. The minimum atomic E-state index is -0.593. The van der Waals surface area contributed by atoms with Crippen molar-refractivity contribution >= 4 is 24.4 Å². The van der Waals surface area contributed by atoms with Crippen LogP contribution in [0.15, 0.2) is 35.9 Å². The second-order valence-corrected chi connectivity index (χ2v) is 9.66. The molecule has 1 N–H and O–H groups in total. The average Bonchev–Trinajstić information content (AvgIpc) is 3.57. The molecule has 1 saturated carbocycles. The molecule has 8 heteroatoms. The van der Waals surface area contributed by atoms with Crippen molar-refractivity contribution in [3.63, 3.8) is 0 Å². The predicted octanol–water partition coefficient (Wildman–Crippen LogP) is 2.38. The van der Waals surface area contributed by atoms with E-state index in [1.54, 1.807) is 18.2 Å². The summed E-state index contributed by atoms with van der Waals surface area (Å²) in [5.74, 6) is -0.576. The molecule has 6 nitrogen and oxygen atoms in total. The summed E-state index contributed by atoms with van der Waals surface area (Å²) in [6.45, 7) is 2.07. The molecule has 1 aromatic carbocycles. The van der Waals surface area contributed by atoms with Crippen LogP contribution in [0.4, 0.5) is 4.39 Å². The van der Waals surface area contributed by atoms with Crippen LogP contribution < -0.4 is 0 Å². The summed E-state index contributed by atoms with van der Waals surface area (Å²) >= 11 is 4.74. The van der Waals surface area contributed by atoms with Crippen LogP contribution in [-0.2, 0) is 14.3 Å². The Hall–Kier alpha value is -1.74. The number of likely N-dealkylation sites (tertiary alicyclic amines) is 2. The van der Waals surface area contributed by atoms with Gasteiger partial charge in [-0.05, 0) is 30.9 Å². The molecular weight excluding hydrogens is 431 g/mol. The number of ketones is 1. The van der Waals surface area contributed by atoms with Crippen molar-refractivity contribution in [3.8, 4) is 0 Å². The van der Waals surface area contributed by atoms with Gasteiger partial charge in [-0.15, -0.1) is 0 Å². The summed E-state index contributed by atoms with van der Waals surface area (Å²) in [4.78, 5) is 29.2. The Morgan fingerprint density at radius 3 is 2.75 bits per heavy atom. The molecule has 0 spiro atoms. The number of ether oxygens (including phenoxy) is 1. The summed E-state index contributed by atoms with van der Waals surface area (Å²) in [5, 5.41) is 10.1. The SMILES string of the molecule is COC(=O)[C@@H]1C[C@@H](O)CN1C/C=C1\CN(C(C(=O)C2CC2)c2ccccc2F)CCC1S. The van der Waals surface area contributed by atoms with Gasteiger partial charge >= 0.3 is 5.97 Å². The van der Waals surface area contributed by atoms with Crippen LogP contribution in [0.25, 0.3) is 0 Å². The Kier molecular flexibility index (Phi) is 7.34. The Balaban J connectivity index is 1.53. The van der Waals surface area contributed by atoms with Crippen molar-refractivity contribution in [2.75, 3.05) is 33.3 Å². The maximum Gasteiger partial charge on any atom is 0.323 e. The number of Topliss-reactive ketones (excluding diaryl/α,β-unsaturated/α-hetero) is 1. The summed E-state index contributed by atoms with van der Waals surface area (Å²) in [6, 6.07) is 5.49. The van der Waals surface area contributed by atoms with Gasteiger partial charge in [-0.1, -0.05) is 24.3 Å². The van der Waals surface area contributed by atoms with E-state index in [0.29, 0.717) is 38.2 Å². The van der Waals surface area contributed by atoms with Gasteiger partial charge in [-0.2, -0.15) is 12.6 Å². The quantitative estimate of drug-likeness (QED) is 0.368. The number of aliphatic hydroxyl groups is 1. The normalized spacial score (nSPS) is 29.2. The number of benzene rings is 1. The highest BCUT2D eigenvalue weighted by molar-refractivity contribution is 7.81. The van der Waals surface area contributed by atoms with Gasteiger partial charge in [0.1, 0.15) is 11.9 Å². The summed E-state index contributed by atoms with van der Waals surface area (Å²) in [6.07, 6.45) is 4.34. The number of hydrogen-bond donors (Lipinski definition) is 2. The van der Waals surface area contributed by atoms with E-state index in [0.717, 1.165) is 24.8 Å². The van der Waals surface area contributed by atoms with E-state index < -0.39 is 18.2 Å². The van der Waals surface area contributed by atoms with Crippen LogP contribution in [0.2, 0.25) is 0 Å². The van der Waals surface area contributed by atoms with Crippen molar-refractivity contribution in [1.29, 1.82) is 0 Å². The van der Waals surface area contributed by atoms with Crippen molar-refractivity contribution in [2.24, 2.45) is 5.92 Å². The zero-order valence-electron chi connectivity index (χ0n) is 18.3. The molecule has 4 atom stereocenters. The molecule has 2 unspecified atom stereocenters. The number of piperidine rings is 1. The summed E-state index contributed by atoms with van der Waals surface area (Å²) < 4.78 is 19.6. The largest absolute Gasteiger partial charge is 0.468 e. The smallest absolute Gasteiger partial charge is 0.323 e. The van der Waals surface area contributed by atoms with E-state index in [9.17, 15) is 19.1 Å². The highest BCUT2D eigenvalue weighted by atomic mass is 32.1. The molecule has 0 aromatic heterocycles. The molecule has 0 bridgehead atoms. The molecule has 1 aromatic rings. The number of carbonyl (C=O) groups is 2. The number of β-amino-alcohol motifs (C(OH)–C–C–N with tert-alkyl or cyclic N) is 1. The monoisotopic (exact) mass is 462 g/mol. The van der Waals surface area contributed by atoms with Gasteiger partial charge in [0.25, 0.3) is 0 Å². The van der Waals surface area contributed by atoms with Crippen molar-refractivity contribution < 1.29 is 23.8 Å². The molecule has 1 aliphatic carbocycles. The first-order valence-corrected chi connectivity index (χ1v) is 11.8. The molecular formula is C24H31FN2O4S. The molecule has 2 saturated heterocycles. The third-order valence-corrected chi connectivity index (χ3v) is 7.35. The van der Waals surface area contributed by atoms with Gasteiger partial charge in [-0.3, -0.25) is 19.4 Å². The second-order valence-electron chi connectivity index (χ2n) is 9.04. The number of carbonyl (C=O) groups excluding carboxylic acids is 2. The minimum Gasteiger partial charge on any atom is -0.468 e. The number of esters is 1. The fourth-order valence-electron chi connectivity index (χ4n) is 4.83. The van der Waals surface area contributed by atoms with Gasteiger partial charge < -0.3 is 9.84 Å². The summed E-state index contributed by atoms with van der Waals surface area (Å²) in [5.41, 5.74) is 1.49. The maximum absolute atomic E-state index is 14.7. The van der Waals surface area contributed by atoms with E-state index in [1.165, 1.54) is 13.2 Å². The van der Waals surface area contributed by atoms with E-state index >= 15 is 0 Å². The lowest BCUT2D eigenvalue weighted by Crippen LogP contribution is -2.43. The van der Waals surface area contributed by atoms with Crippen LogP contribution >= 0.6 is 12.6 Å². The number of rotatable bonds is 7. The molecule has 3 aliphatic rings. The van der Waals surface area contributed by atoms with Crippen LogP contribution in [0, 0.1) is 11.7 Å². The van der Waals surface area contributed by atoms with Gasteiger partial charge in [0.2, 0.25) is 0 Å². The summed E-state index contributed by atoms with van der Waals surface area (Å²) in [7, 11) is 1.35. The van der Waals surface area contributed by atoms with Gasteiger partial charge in [0, 0.05) is 49.3 Å². The molecule has 0 radical (unpaired) electrons. The molecule has 3 fully saturated rings.